The van der Waals surface area contributed by atoms with Crippen LogP contribution in [0.1, 0.15) is 4.88 Å². The first kappa shape index (κ1) is 10.8. The van der Waals surface area contributed by atoms with Gasteiger partial charge in [0.2, 0.25) is 0 Å². The number of thiophene rings is 1. The fourth-order valence-corrected chi connectivity index (χ4v) is 2.83. The molecule has 4 heteroatoms. The molecule has 0 amide bonds. The van der Waals surface area contributed by atoms with Gasteiger partial charge in [-0.25, -0.2) is 4.39 Å². The molecular weight excluding hydrogens is 277 g/mol. The van der Waals surface area contributed by atoms with Crippen molar-refractivity contribution in [2.45, 2.75) is 6.54 Å². The van der Waals surface area contributed by atoms with Gasteiger partial charge in [0.15, 0.2) is 0 Å². The fourth-order valence-electron chi connectivity index (χ4n) is 1.32. The van der Waals surface area contributed by atoms with Crippen molar-refractivity contribution < 1.29 is 4.39 Å². The zero-order valence-corrected chi connectivity index (χ0v) is 10.2. The van der Waals surface area contributed by atoms with Crippen LogP contribution in [-0.2, 0) is 6.54 Å². The Morgan fingerprint density at radius 1 is 1.27 bits per heavy atom. The van der Waals surface area contributed by atoms with Crippen LogP contribution < -0.4 is 5.73 Å². The van der Waals surface area contributed by atoms with E-state index in [9.17, 15) is 4.39 Å². The Kier molecular flexibility index (Phi) is 3.19. The van der Waals surface area contributed by atoms with Crippen LogP contribution in [0.3, 0.4) is 0 Å². The second-order valence-electron chi connectivity index (χ2n) is 3.09. The third-order valence-corrected chi connectivity index (χ3v) is 3.89. The Bertz CT molecular complexity index is 481. The van der Waals surface area contributed by atoms with Crippen molar-refractivity contribution in [2.75, 3.05) is 0 Å². The number of nitrogens with two attached hydrogens (primary N) is 1. The molecule has 0 aliphatic rings. The van der Waals surface area contributed by atoms with Gasteiger partial charge >= 0.3 is 0 Å². The van der Waals surface area contributed by atoms with Gasteiger partial charge in [-0.2, -0.15) is 0 Å². The molecule has 2 aromatic rings. The Hall–Kier alpha value is -0.710. The van der Waals surface area contributed by atoms with Crippen molar-refractivity contribution in [2.24, 2.45) is 5.73 Å². The molecule has 1 aromatic carbocycles. The van der Waals surface area contributed by atoms with Gasteiger partial charge in [-0.05, 0) is 30.3 Å². The standard InChI is InChI=1S/C11H9BrFNS/c12-10-3-1-7(13)5-9(10)11-4-2-8(6-14)15-11/h1-5H,6,14H2. The van der Waals surface area contributed by atoms with E-state index in [0.717, 1.165) is 19.8 Å². The van der Waals surface area contributed by atoms with E-state index in [-0.39, 0.29) is 5.82 Å². The first-order valence-electron chi connectivity index (χ1n) is 4.45. The van der Waals surface area contributed by atoms with Crippen LogP contribution >= 0.6 is 27.3 Å². The third kappa shape index (κ3) is 2.27. The summed E-state index contributed by atoms with van der Waals surface area (Å²) in [5.41, 5.74) is 6.41. The molecule has 0 spiro atoms. The SMILES string of the molecule is NCc1ccc(-c2cc(F)ccc2Br)s1. The van der Waals surface area contributed by atoms with Gasteiger partial charge in [-0.3, -0.25) is 0 Å². The molecule has 0 saturated heterocycles. The van der Waals surface area contributed by atoms with E-state index in [1.165, 1.54) is 12.1 Å². The predicted octanol–water partition coefficient (Wildman–Crippen LogP) is 3.78. The molecule has 2 rings (SSSR count). The first-order chi connectivity index (χ1) is 7.20. The molecule has 0 saturated carbocycles. The van der Waals surface area contributed by atoms with Crippen molar-refractivity contribution in [3.63, 3.8) is 0 Å². The lowest BCUT2D eigenvalue weighted by molar-refractivity contribution is 0.628. The van der Waals surface area contributed by atoms with Crippen LogP contribution in [0.4, 0.5) is 4.39 Å². The number of hydrogen-bond acceptors (Lipinski definition) is 2. The zero-order valence-electron chi connectivity index (χ0n) is 7.84. The van der Waals surface area contributed by atoms with Gasteiger partial charge in [0.1, 0.15) is 5.82 Å². The molecular formula is C11H9BrFNS. The van der Waals surface area contributed by atoms with E-state index in [1.807, 2.05) is 12.1 Å². The number of halogens is 2. The second-order valence-corrected chi connectivity index (χ2v) is 5.12. The molecule has 0 fully saturated rings. The molecule has 1 nitrogen and oxygen atoms in total. The summed E-state index contributed by atoms with van der Waals surface area (Å²) in [5, 5.41) is 0. The quantitative estimate of drug-likeness (QED) is 0.893. The van der Waals surface area contributed by atoms with E-state index < -0.39 is 0 Å². The maximum Gasteiger partial charge on any atom is 0.123 e. The lowest BCUT2D eigenvalue weighted by atomic mass is 10.2. The highest BCUT2D eigenvalue weighted by Gasteiger charge is 2.07. The Balaban J connectivity index is 2.48. The van der Waals surface area contributed by atoms with Gasteiger partial charge in [0.25, 0.3) is 0 Å². The summed E-state index contributed by atoms with van der Waals surface area (Å²) in [6.07, 6.45) is 0. The molecule has 1 heterocycles. The third-order valence-electron chi connectivity index (χ3n) is 2.06. The maximum atomic E-state index is 13.1. The molecule has 0 aliphatic carbocycles. The zero-order chi connectivity index (χ0) is 10.8. The summed E-state index contributed by atoms with van der Waals surface area (Å²) >= 11 is 4.99. The van der Waals surface area contributed by atoms with Crippen LogP contribution in [0, 0.1) is 5.82 Å². The van der Waals surface area contributed by atoms with Crippen molar-refractivity contribution in [3.05, 3.63) is 45.5 Å². The highest BCUT2D eigenvalue weighted by atomic mass is 79.9. The van der Waals surface area contributed by atoms with Gasteiger partial charge in [-0.1, -0.05) is 15.9 Å². The lowest BCUT2D eigenvalue weighted by Gasteiger charge is -2.01. The first-order valence-corrected chi connectivity index (χ1v) is 6.06. The number of hydrogen-bond donors (Lipinski definition) is 1. The smallest absolute Gasteiger partial charge is 0.123 e. The largest absolute Gasteiger partial charge is 0.326 e. The highest BCUT2D eigenvalue weighted by molar-refractivity contribution is 9.10. The van der Waals surface area contributed by atoms with Crippen molar-refractivity contribution in [1.29, 1.82) is 0 Å². The van der Waals surface area contributed by atoms with E-state index in [4.69, 9.17) is 5.73 Å². The minimum Gasteiger partial charge on any atom is -0.326 e. The number of benzene rings is 1. The monoisotopic (exact) mass is 285 g/mol. The minimum atomic E-state index is -0.226. The van der Waals surface area contributed by atoms with E-state index in [0.29, 0.717) is 6.54 Å². The Labute approximate surface area is 99.9 Å². The minimum absolute atomic E-state index is 0.226. The van der Waals surface area contributed by atoms with Crippen molar-refractivity contribution in [3.8, 4) is 10.4 Å². The molecule has 0 radical (unpaired) electrons. The molecule has 1 aromatic heterocycles. The normalized spacial score (nSPS) is 10.6. The van der Waals surface area contributed by atoms with Crippen LogP contribution in [-0.4, -0.2) is 0 Å². The van der Waals surface area contributed by atoms with Gasteiger partial charge in [-0.15, -0.1) is 11.3 Å². The van der Waals surface area contributed by atoms with Crippen LogP contribution in [0.2, 0.25) is 0 Å². The van der Waals surface area contributed by atoms with Crippen molar-refractivity contribution >= 4 is 27.3 Å². The summed E-state index contributed by atoms with van der Waals surface area (Å²) in [6.45, 7) is 0.525. The van der Waals surface area contributed by atoms with Crippen LogP contribution in [0.25, 0.3) is 10.4 Å². The summed E-state index contributed by atoms with van der Waals surface area (Å²) in [6, 6.07) is 8.61. The molecule has 0 bridgehead atoms. The Morgan fingerprint density at radius 2 is 2.07 bits per heavy atom. The molecule has 2 N–H and O–H groups in total. The maximum absolute atomic E-state index is 13.1. The van der Waals surface area contributed by atoms with Gasteiger partial charge in [0.05, 0.1) is 0 Å². The lowest BCUT2D eigenvalue weighted by Crippen LogP contribution is -1.91. The van der Waals surface area contributed by atoms with Gasteiger partial charge in [0, 0.05) is 26.3 Å². The second kappa shape index (κ2) is 4.43. The van der Waals surface area contributed by atoms with Crippen LogP contribution in [0.15, 0.2) is 34.8 Å². The molecule has 0 unspecified atom stereocenters. The van der Waals surface area contributed by atoms with E-state index >= 15 is 0 Å². The van der Waals surface area contributed by atoms with Crippen LogP contribution in [0.5, 0.6) is 0 Å². The average molecular weight is 286 g/mol. The topological polar surface area (TPSA) is 26.0 Å². The average Bonchev–Trinajstić information content (AvgIpc) is 2.70. The summed E-state index contributed by atoms with van der Waals surface area (Å²) in [5.74, 6) is -0.226. The highest BCUT2D eigenvalue weighted by Crippen LogP contribution is 2.33. The molecule has 15 heavy (non-hydrogen) atoms. The van der Waals surface area contributed by atoms with Gasteiger partial charge < -0.3 is 5.73 Å². The molecule has 0 atom stereocenters. The van der Waals surface area contributed by atoms with E-state index in [1.54, 1.807) is 17.4 Å². The number of rotatable bonds is 2. The summed E-state index contributed by atoms with van der Waals surface area (Å²) in [4.78, 5) is 2.13. The fraction of sp³-hybridized carbons (Fsp3) is 0.0909. The summed E-state index contributed by atoms with van der Waals surface area (Å²) < 4.78 is 14.0. The van der Waals surface area contributed by atoms with Crippen molar-refractivity contribution in [1.82, 2.24) is 0 Å². The predicted molar refractivity (Wildman–Crippen MR) is 65.3 cm³/mol. The van der Waals surface area contributed by atoms with E-state index in [2.05, 4.69) is 15.9 Å². The molecule has 0 aliphatic heterocycles. The Morgan fingerprint density at radius 3 is 2.73 bits per heavy atom. The summed E-state index contributed by atoms with van der Waals surface area (Å²) in [7, 11) is 0. The molecule has 78 valence electrons.